The van der Waals surface area contributed by atoms with Crippen molar-refractivity contribution in [3.05, 3.63) is 53.1 Å². The minimum absolute atomic E-state index is 0.107. The van der Waals surface area contributed by atoms with Crippen LogP contribution < -0.4 is 19.7 Å². The van der Waals surface area contributed by atoms with Gasteiger partial charge in [-0.3, -0.25) is 9.59 Å². The number of amides is 2. The lowest BCUT2D eigenvalue weighted by Crippen LogP contribution is -2.42. The maximum atomic E-state index is 12.7. The number of anilines is 1. The van der Waals surface area contributed by atoms with E-state index in [-0.39, 0.29) is 30.8 Å². The highest BCUT2D eigenvalue weighted by atomic mass is 35.5. The predicted octanol–water partition coefficient (Wildman–Crippen LogP) is 3.56. The highest BCUT2D eigenvalue weighted by Gasteiger charge is 2.28. The molecule has 7 heteroatoms. The lowest BCUT2D eigenvalue weighted by atomic mass is 10.1. The van der Waals surface area contributed by atoms with E-state index in [1.54, 1.807) is 30.2 Å². The second kappa shape index (κ2) is 8.97. The minimum Gasteiger partial charge on any atom is -0.496 e. The summed E-state index contributed by atoms with van der Waals surface area (Å²) in [6, 6.07) is 12.7. The second-order valence-corrected chi connectivity index (χ2v) is 7.07. The summed E-state index contributed by atoms with van der Waals surface area (Å²) in [5.41, 5.74) is 1.53. The highest BCUT2D eigenvalue weighted by Crippen LogP contribution is 2.36. The largest absolute Gasteiger partial charge is 0.496 e. The molecule has 1 atom stereocenters. The Morgan fingerprint density at radius 1 is 1.25 bits per heavy atom. The fourth-order valence-electron chi connectivity index (χ4n) is 3.13. The third-order valence-corrected chi connectivity index (χ3v) is 4.75. The van der Waals surface area contributed by atoms with Gasteiger partial charge < -0.3 is 19.7 Å². The van der Waals surface area contributed by atoms with E-state index in [1.165, 1.54) is 0 Å². The number of methoxy groups -OCH3 is 1. The van der Waals surface area contributed by atoms with Crippen molar-refractivity contribution in [3.8, 4) is 11.5 Å². The number of nitrogens with one attached hydrogen (secondary N) is 1. The zero-order valence-electron chi connectivity index (χ0n) is 15.9. The van der Waals surface area contributed by atoms with Crippen LogP contribution in [0.25, 0.3) is 0 Å². The molecule has 0 aliphatic carbocycles. The standard InChI is InChI=1S/C21H23ClN2O4/c1-14-13-24(17-11-16(22)7-8-19(17)28-14)21(26)10-9-20(25)23-12-15-5-3-4-6-18(15)27-2/h3-8,11,14H,9-10,12-13H2,1-2H3,(H,23,25)/t14-/m0/s1. The van der Waals surface area contributed by atoms with Gasteiger partial charge in [-0.1, -0.05) is 29.8 Å². The summed E-state index contributed by atoms with van der Waals surface area (Å²) in [6.45, 7) is 2.68. The maximum Gasteiger partial charge on any atom is 0.227 e. The zero-order chi connectivity index (χ0) is 20.1. The molecule has 2 aromatic rings. The van der Waals surface area contributed by atoms with E-state index in [1.807, 2.05) is 31.2 Å². The number of hydrogen-bond donors (Lipinski definition) is 1. The summed E-state index contributed by atoms with van der Waals surface area (Å²) >= 11 is 6.07. The van der Waals surface area contributed by atoms with Gasteiger partial charge in [0.15, 0.2) is 0 Å². The van der Waals surface area contributed by atoms with Crippen molar-refractivity contribution >= 4 is 29.1 Å². The molecule has 0 bridgehead atoms. The molecular formula is C21H23ClN2O4. The number of rotatable bonds is 6. The van der Waals surface area contributed by atoms with Crippen molar-refractivity contribution in [2.75, 3.05) is 18.6 Å². The summed E-state index contributed by atoms with van der Waals surface area (Å²) in [4.78, 5) is 26.6. The first-order valence-corrected chi connectivity index (χ1v) is 9.51. The van der Waals surface area contributed by atoms with Gasteiger partial charge in [-0.05, 0) is 31.2 Å². The van der Waals surface area contributed by atoms with Crippen LogP contribution >= 0.6 is 11.6 Å². The van der Waals surface area contributed by atoms with E-state index in [2.05, 4.69) is 5.32 Å². The van der Waals surface area contributed by atoms with Gasteiger partial charge in [0.05, 0.1) is 19.3 Å². The molecule has 0 unspecified atom stereocenters. The summed E-state index contributed by atoms with van der Waals surface area (Å²) in [7, 11) is 1.59. The lowest BCUT2D eigenvalue weighted by Gasteiger charge is -2.33. The number of carbonyl (C=O) groups is 2. The predicted molar refractivity (Wildman–Crippen MR) is 108 cm³/mol. The Kier molecular flexibility index (Phi) is 6.41. The molecule has 2 aromatic carbocycles. The Morgan fingerprint density at radius 2 is 2.04 bits per heavy atom. The van der Waals surface area contributed by atoms with E-state index in [9.17, 15) is 9.59 Å². The Morgan fingerprint density at radius 3 is 2.82 bits per heavy atom. The fraction of sp³-hybridized carbons (Fsp3) is 0.333. The average molecular weight is 403 g/mol. The quantitative estimate of drug-likeness (QED) is 0.802. The van der Waals surface area contributed by atoms with Gasteiger partial charge in [0.25, 0.3) is 0 Å². The Balaban J connectivity index is 1.57. The Bertz CT molecular complexity index is 871. The van der Waals surface area contributed by atoms with Crippen molar-refractivity contribution in [3.63, 3.8) is 0 Å². The van der Waals surface area contributed by atoms with Gasteiger partial charge in [-0.15, -0.1) is 0 Å². The smallest absolute Gasteiger partial charge is 0.227 e. The average Bonchev–Trinajstić information content (AvgIpc) is 2.70. The first kappa shape index (κ1) is 20.0. The summed E-state index contributed by atoms with van der Waals surface area (Å²) < 4.78 is 11.0. The molecule has 148 valence electrons. The Labute approximate surface area is 169 Å². The van der Waals surface area contributed by atoms with Crippen molar-refractivity contribution < 1.29 is 19.1 Å². The van der Waals surface area contributed by atoms with Crippen molar-refractivity contribution in [1.82, 2.24) is 5.32 Å². The molecule has 6 nitrogen and oxygen atoms in total. The molecule has 2 amide bonds. The number of ether oxygens (including phenoxy) is 2. The number of halogens is 1. The summed E-state index contributed by atoms with van der Waals surface area (Å²) in [5.74, 6) is 1.02. The van der Waals surface area contributed by atoms with Gasteiger partial charge in [0.2, 0.25) is 11.8 Å². The molecule has 0 fully saturated rings. The second-order valence-electron chi connectivity index (χ2n) is 6.63. The number of fused-ring (bicyclic) bond motifs is 1. The van der Waals surface area contributed by atoms with E-state index < -0.39 is 0 Å². The van der Waals surface area contributed by atoms with Gasteiger partial charge >= 0.3 is 0 Å². The maximum absolute atomic E-state index is 12.7. The third kappa shape index (κ3) is 4.75. The summed E-state index contributed by atoms with van der Waals surface area (Å²) in [5, 5.41) is 3.37. The van der Waals surface area contributed by atoms with Crippen molar-refractivity contribution in [1.29, 1.82) is 0 Å². The molecule has 1 N–H and O–H groups in total. The Hall–Kier alpha value is -2.73. The van der Waals surface area contributed by atoms with E-state index in [0.29, 0.717) is 29.5 Å². The van der Waals surface area contributed by atoms with Gasteiger partial charge in [0.1, 0.15) is 17.6 Å². The third-order valence-electron chi connectivity index (χ3n) is 4.52. The molecule has 0 saturated heterocycles. The zero-order valence-corrected chi connectivity index (χ0v) is 16.7. The van der Waals surface area contributed by atoms with Gasteiger partial charge in [-0.25, -0.2) is 0 Å². The summed E-state index contributed by atoms with van der Waals surface area (Å²) in [6.07, 6.45) is 0.0866. The van der Waals surface area contributed by atoms with Crippen LogP contribution in [0.3, 0.4) is 0 Å². The molecule has 0 spiro atoms. The number of hydrogen-bond acceptors (Lipinski definition) is 4. The van der Waals surface area contributed by atoms with E-state index >= 15 is 0 Å². The monoisotopic (exact) mass is 402 g/mol. The van der Waals surface area contributed by atoms with Crippen LogP contribution in [0, 0.1) is 0 Å². The van der Waals surface area contributed by atoms with Crippen LogP contribution in [-0.2, 0) is 16.1 Å². The lowest BCUT2D eigenvalue weighted by molar-refractivity contribution is -0.125. The normalized spacial score (nSPS) is 15.4. The van der Waals surface area contributed by atoms with Crippen LogP contribution in [0.15, 0.2) is 42.5 Å². The van der Waals surface area contributed by atoms with Crippen molar-refractivity contribution in [2.24, 2.45) is 0 Å². The molecule has 0 saturated carbocycles. The molecule has 1 aliphatic rings. The molecule has 3 rings (SSSR count). The minimum atomic E-state index is -0.188. The van der Waals surface area contributed by atoms with Crippen LogP contribution in [-0.4, -0.2) is 31.6 Å². The number of nitrogens with zero attached hydrogens (tertiary/aromatic N) is 1. The van der Waals surface area contributed by atoms with Gasteiger partial charge in [-0.2, -0.15) is 0 Å². The molecule has 0 radical (unpaired) electrons. The van der Waals surface area contributed by atoms with Crippen LogP contribution in [0.5, 0.6) is 11.5 Å². The molecule has 0 aromatic heterocycles. The molecular weight excluding hydrogens is 380 g/mol. The molecule has 1 aliphatic heterocycles. The highest BCUT2D eigenvalue weighted by molar-refractivity contribution is 6.31. The van der Waals surface area contributed by atoms with Crippen molar-refractivity contribution in [2.45, 2.75) is 32.4 Å². The van der Waals surface area contributed by atoms with Crippen LogP contribution in [0.4, 0.5) is 5.69 Å². The van der Waals surface area contributed by atoms with E-state index in [4.69, 9.17) is 21.1 Å². The first-order chi connectivity index (χ1) is 13.5. The topological polar surface area (TPSA) is 67.9 Å². The van der Waals surface area contributed by atoms with Gasteiger partial charge in [0, 0.05) is 30.0 Å². The number of carbonyl (C=O) groups excluding carboxylic acids is 2. The number of benzene rings is 2. The van der Waals surface area contributed by atoms with Crippen LogP contribution in [0.2, 0.25) is 5.02 Å². The first-order valence-electron chi connectivity index (χ1n) is 9.13. The molecule has 1 heterocycles. The van der Waals surface area contributed by atoms with E-state index in [0.717, 1.165) is 11.3 Å². The number of para-hydroxylation sites is 1. The van der Waals surface area contributed by atoms with Crippen LogP contribution in [0.1, 0.15) is 25.3 Å². The fourth-order valence-corrected chi connectivity index (χ4v) is 3.30. The SMILES string of the molecule is COc1ccccc1CNC(=O)CCC(=O)N1C[C@H](C)Oc2ccc(Cl)cc21. The molecule has 28 heavy (non-hydrogen) atoms.